The molecule has 0 radical (unpaired) electrons. The van der Waals surface area contributed by atoms with Crippen LogP contribution in [0.3, 0.4) is 0 Å². The van der Waals surface area contributed by atoms with Gasteiger partial charge in [-0.3, -0.25) is 19.5 Å². The van der Waals surface area contributed by atoms with Gasteiger partial charge in [-0.15, -0.1) is 0 Å². The summed E-state index contributed by atoms with van der Waals surface area (Å²) in [5.41, 5.74) is 2.86. The maximum Gasteiger partial charge on any atom is 0.293 e. The van der Waals surface area contributed by atoms with E-state index in [2.05, 4.69) is 4.98 Å². The summed E-state index contributed by atoms with van der Waals surface area (Å²) in [6.45, 7) is 2.28. The first-order chi connectivity index (χ1) is 10.6. The standard InChI is InChI=1S/C17H14N2O2S/c1-12-5-2-3-7-14(12)11-19-16(20)15(22-17(19)21)9-13-6-4-8-18-10-13/h2-10H,11H2,1H3/b15-9-. The molecule has 0 aliphatic carbocycles. The quantitative estimate of drug-likeness (QED) is 0.812. The van der Waals surface area contributed by atoms with Gasteiger partial charge < -0.3 is 0 Å². The second kappa shape index (κ2) is 6.15. The third kappa shape index (κ3) is 2.94. The molecule has 0 saturated carbocycles. The number of carbonyl (C=O) groups is 2. The SMILES string of the molecule is Cc1ccccc1CN1C(=O)S/C(=C\c2cccnc2)C1=O. The molecule has 1 aromatic carbocycles. The first kappa shape index (κ1) is 14.5. The van der Waals surface area contributed by atoms with Crippen molar-refractivity contribution < 1.29 is 9.59 Å². The van der Waals surface area contributed by atoms with Gasteiger partial charge in [0, 0.05) is 12.4 Å². The summed E-state index contributed by atoms with van der Waals surface area (Å²) >= 11 is 0.972. The zero-order valence-electron chi connectivity index (χ0n) is 12.0. The molecular weight excluding hydrogens is 296 g/mol. The summed E-state index contributed by atoms with van der Waals surface area (Å²) in [7, 11) is 0. The highest BCUT2D eigenvalue weighted by molar-refractivity contribution is 8.18. The Kier molecular flexibility index (Phi) is 4.06. The van der Waals surface area contributed by atoms with Gasteiger partial charge in [0.05, 0.1) is 11.4 Å². The van der Waals surface area contributed by atoms with Gasteiger partial charge in [-0.25, -0.2) is 0 Å². The number of carbonyl (C=O) groups excluding carboxylic acids is 2. The van der Waals surface area contributed by atoms with Crippen LogP contribution in [0, 0.1) is 6.92 Å². The minimum Gasteiger partial charge on any atom is -0.268 e. The number of benzene rings is 1. The predicted molar refractivity (Wildman–Crippen MR) is 86.9 cm³/mol. The van der Waals surface area contributed by atoms with Crippen LogP contribution in [0.5, 0.6) is 0 Å². The molecule has 22 heavy (non-hydrogen) atoms. The van der Waals surface area contributed by atoms with Crippen LogP contribution in [0.15, 0.2) is 53.7 Å². The zero-order valence-corrected chi connectivity index (χ0v) is 12.8. The largest absolute Gasteiger partial charge is 0.293 e. The van der Waals surface area contributed by atoms with E-state index in [-0.39, 0.29) is 11.1 Å². The molecule has 0 atom stereocenters. The fraction of sp³-hybridized carbons (Fsp3) is 0.118. The summed E-state index contributed by atoms with van der Waals surface area (Å²) in [4.78, 5) is 30.3. The van der Waals surface area contributed by atoms with Gasteiger partial charge in [0.25, 0.3) is 11.1 Å². The number of nitrogens with zero attached hydrogens (tertiary/aromatic N) is 2. The van der Waals surface area contributed by atoms with Crippen molar-refractivity contribution in [3.63, 3.8) is 0 Å². The summed E-state index contributed by atoms with van der Waals surface area (Å²) in [6.07, 6.45) is 5.03. The van der Waals surface area contributed by atoms with Gasteiger partial charge in [0.1, 0.15) is 0 Å². The van der Waals surface area contributed by atoms with Gasteiger partial charge >= 0.3 is 0 Å². The lowest BCUT2D eigenvalue weighted by Crippen LogP contribution is -2.27. The van der Waals surface area contributed by atoms with E-state index in [1.807, 2.05) is 37.3 Å². The Morgan fingerprint density at radius 2 is 2.00 bits per heavy atom. The lowest BCUT2D eigenvalue weighted by atomic mass is 10.1. The lowest BCUT2D eigenvalue weighted by molar-refractivity contribution is -0.123. The summed E-state index contributed by atoms with van der Waals surface area (Å²) in [6, 6.07) is 11.4. The van der Waals surface area contributed by atoms with Crippen LogP contribution >= 0.6 is 11.8 Å². The molecule has 1 saturated heterocycles. The zero-order chi connectivity index (χ0) is 15.5. The molecule has 1 aliphatic rings. The van der Waals surface area contributed by atoms with E-state index in [4.69, 9.17) is 0 Å². The molecule has 4 nitrogen and oxygen atoms in total. The molecule has 5 heteroatoms. The Hall–Kier alpha value is -2.40. The van der Waals surface area contributed by atoms with E-state index in [1.165, 1.54) is 4.90 Å². The van der Waals surface area contributed by atoms with Crippen molar-refractivity contribution in [2.24, 2.45) is 0 Å². The first-order valence-electron chi connectivity index (χ1n) is 6.85. The van der Waals surface area contributed by atoms with E-state index >= 15 is 0 Å². The Morgan fingerprint density at radius 1 is 1.18 bits per heavy atom. The molecule has 2 heterocycles. The predicted octanol–water partition coefficient (Wildman–Crippen LogP) is 3.63. The Balaban J connectivity index is 1.83. The van der Waals surface area contributed by atoms with Gasteiger partial charge in [-0.05, 0) is 47.5 Å². The Morgan fingerprint density at radius 3 is 2.73 bits per heavy atom. The van der Waals surface area contributed by atoms with Crippen molar-refractivity contribution in [3.8, 4) is 0 Å². The molecule has 0 bridgehead atoms. The van der Waals surface area contributed by atoms with Crippen LogP contribution in [0.4, 0.5) is 4.79 Å². The normalized spacial score (nSPS) is 16.6. The van der Waals surface area contributed by atoms with Crippen molar-refractivity contribution in [1.29, 1.82) is 0 Å². The van der Waals surface area contributed by atoms with E-state index in [9.17, 15) is 9.59 Å². The number of amides is 2. The second-order valence-corrected chi connectivity index (χ2v) is 5.97. The Labute approximate surface area is 132 Å². The molecule has 110 valence electrons. The summed E-state index contributed by atoms with van der Waals surface area (Å²) < 4.78 is 0. The number of imide groups is 1. The third-order valence-corrected chi connectivity index (χ3v) is 4.35. The molecule has 0 unspecified atom stereocenters. The van der Waals surface area contributed by atoms with Crippen molar-refractivity contribution in [2.75, 3.05) is 0 Å². The van der Waals surface area contributed by atoms with Gasteiger partial charge in [-0.1, -0.05) is 30.3 Å². The van der Waals surface area contributed by atoms with E-state index in [0.717, 1.165) is 28.5 Å². The maximum atomic E-state index is 12.4. The molecule has 2 aromatic rings. The Bertz CT molecular complexity index is 756. The number of aryl methyl sites for hydroxylation is 1. The lowest BCUT2D eigenvalue weighted by Gasteiger charge is -2.14. The molecule has 1 fully saturated rings. The van der Waals surface area contributed by atoms with Crippen molar-refractivity contribution in [1.82, 2.24) is 9.88 Å². The van der Waals surface area contributed by atoms with Crippen molar-refractivity contribution >= 4 is 29.0 Å². The first-order valence-corrected chi connectivity index (χ1v) is 7.67. The molecule has 1 aromatic heterocycles. The van der Waals surface area contributed by atoms with Gasteiger partial charge in [-0.2, -0.15) is 0 Å². The highest BCUT2D eigenvalue weighted by Gasteiger charge is 2.35. The van der Waals surface area contributed by atoms with Crippen LogP contribution in [-0.4, -0.2) is 21.0 Å². The van der Waals surface area contributed by atoms with Gasteiger partial charge in [0.2, 0.25) is 0 Å². The van der Waals surface area contributed by atoms with Crippen LogP contribution < -0.4 is 0 Å². The van der Waals surface area contributed by atoms with E-state index in [1.54, 1.807) is 24.5 Å². The fourth-order valence-corrected chi connectivity index (χ4v) is 3.05. The molecule has 0 N–H and O–H groups in total. The number of rotatable bonds is 3. The third-order valence-electron chi connectivity index (χ3n) is 3.45. The highest BCUT2D eigenvalue weighted by atomic mass is 32.2. The topological polar surface area (TPSA) is 50.3 Å². The number of pyridine rings is 1. The minimum atomic E-state index is -0.248. The summed E-state index contributed by atoms with van der Waals surface area (Å²) in [5.74, 6) is -0.248. The average molecular weight is 310 g/mol. The molecule has 3 rings (SSSR count). The number of thioether (sulfide) groups is 1. The smallest absolute Gasteiger partial charge is 0.268 e. The van der Waals surface area contributed by atoms with Crippen molar-refractivity contribution in [3.05, 3.63) is 70.4 Å². The number of hydrogen-bond acceptors (Lipinski definition) is 4. The van der Waals surface area contributed by atoms with Crippen LogP contribution in [-0.2, 0) is 11.3 Å². The van der Waals surface area contributed by atoms with E-state index in [0.29, 0.717) is 11.4 Å². The van der Waals surface area contributed by atoms with Gasteiger partial charge in [0.15, 0.2) is 0 Å². The summed E-state index contributed by atoms with van der Waals surface area (Å²) in [5, 5.41) is -0.233. The van der Waals surface area contributed by atoms with E-state index < -0.39 is 0 Å². The molecule has 2 amide bonds. The molecule has 1 aliphatic heterocycles. The fourth-order valence-electron chi connectivity index (χ4n) is 2.21. The number of hydrogen-bond donors (Lipinski definition) is 0. The van der Waals surface area contributed by atoms with Crippen LogP contribution in [0.25, 0.3) is 6.08 Å². The molecular formula is C17H14N2O2S. The number of aromatic nitrogens is 1. The minimum absolute atomic E-state index is 0.233. The maximum absolute atomic E-state index is 12.4. The highest BCUT2D eigenvalue weighted by Crippen LogP contribution is 2.33. The molecule has 0 spiro atoms. The monoisotopic (exact) mass is 310 g/mol. The second-order valence-electron chi connectivity index (χ2n) is 4.98. The van der Waals surface area contributed by atoms with Crippen LogP contribution in [0.1, 0.15) is 16.7 Å². The van der Waals surface area contributed by atoms with Crippen LogP contribution in [0.2, 0.25) is 0 Å². The average Bonchev–Trinajstić information content (AvgIpc) is 2.78. The van der Waals surface area contributed by atoms with Crippen molar-refractivity contribution in [2.45, 2.75) is 13.5 Å².